The van der Waals surface area contributed by atoms with Crippen molar-refractivity contribution >= 4 is 98.4 Å². The standard InChI is InChI=1S/C3H6.C2H6.C2H4.I3.I2.HI/c1-3-2;2*1-2;1-3-2;1-2;/h3H,1H2,2H3;1-2H3;1-2H2;;;1H/q;;;-1;;. The molecule has 6 heteroatoms. The summed E-state index contributed by atoms with van der Waals surface area (Å²) in [5, 5.41) is 0. The van der Waals surface area contributed by atoms with Crippen LogP contribution < -0.4 is 13.3 Å². The number of halogens is 6. The zero-order valence-electron chi connectivity index (χ0n) is 8.00. The van der Waals surface area contributed by atoms with Gasteiger partial charge in [0, 0.05) is 37.2 Å². The summed E-state index contributed by atoms with van der Waals surface area (Å²) in [4.78, 5) is 0. The molecule has 0 nitrogen and oxygen atoms in total. The van der Waals surface area contributed by atoms with Crippen LogP contribution in [0.15, 0.2) is 25.8 Å². The van der Waals surface area contributed by atoms with E-state index in [4.69, 9.17) is 0 Å². The molecule has 0 aliphatic rings. The monoisotopic (exact) mass is 863 g/mol. The molecule has 0 radical (unpaired) electrons. The van der Waals surface area contributed by atoms with Crippen molar-refractivity contribution in [1.82, 2.24) is 0 Å². The predicted molar refractivity (Wildman–Crippen MR) is 110 cm³/mol. The van der Waals surface area contributed by atoms with Crippen LogP contribution in [0, 0.1) is 0 Å². The van der Waals surface area contributed by atoms with Crippen LogP contribution in [0.5, 0.6) is 0 Å². The average Bonchev–Trinajstić information content (AvgIpc) is 2.16. The summed E-state index contributed by atoms with van der Waals surface area (Å²) in [6, 6.07) is 0. The fraction of sp³-hybridized carbons (Fsp3) is 0.429. The number of allylic oxidation sites excluding steroid dienone is 1. The van der Waals surface area contributed by atoms with Crippen molar-refractivity contribution in [2.75, 3.05) is 0 Å². The van der Waals surface area contributed by atoms with Gasteiger partial charge in [0.2, 0.25) is 0 Å². The molecule has 0 N–H and O–H groups in total. The quantitative estimate of drug-likeness (QED) is 0.254. The third-order valence-corrected chi connectivity index (χ3v) is 0. The van der Waals surface area contributed by atoms with Gasteiger partial charge in [0.1, 0.15) is 0 Å². The van der Waals surface area contributed by atoms with Gasteiger partial charge in [0.15, 0.2) is 0 Å². The summed E-state index contributed by atoms with van der Waals surface area (Å²) < 4.78 is 0. The van der Waals surface area contributed by atoms with E-state index in [1.807, 2.05) is 20.8 Å². The van der Waals surface area contributed by atoms with Gasteiger partial charge in [-0.1, -0.05) is 19.9 Å². The van der Waals surface area contributed by atoms with Gasteiger partial charge in [0.25, 0.3) is 0 Å². The minimum absolute atomic E-state index is 0. The van der Waals surface area contributed by atoms with E-state index in [1.54, 1.807) is 6.08 Å². The Kier molecular flexibility index (Phi) is 282. The molecule has 0 aromatic carbocycles. The minimum atomic E-state index is 0. The normalized spacial score (nSPS) is 3.92. The first kappa shape index (κ1) is 36.0. The van der Waals surface area contributed by atoms with E-state index in [0.29, 0.717) is 13.3 Å². The maximum atomic E-state index is 3.36. The van der Waals surface area contributed by atoms with Crippen LogP contribution >= 0.6 is 98.4 Å². The summed E-state index contributed by atoms with van der Waals surface area (Å²) >= 11 is 9.54. The zero-order valence-corrected chi connectivity index (χ0v) is 21.1. The van der Waals surface area contributed by atoms with E-state index in [0.717, 1.165) is 0 Å². The van der Waals surface area contributed by atoms with Gasteiger partial charge in [-0.3, -0.25) is 0 Å². The topological polar surface area (TPSA) is 0 Å². The molecule has 0 fully saturated rings. The number of hydrogen-bond acceptors (Lipinski definition) is 0. The Hall–Kier alpha value is 3.86. The second kappa shape index (κ2) is 102. The maximum absolute atomic E-state index is 3.36. The molecule has 0 aliphatic carbocycles. The third kappa shape index (κ3) is 204. The fourth-order valence-corrected chi connectivity index (χ4v) is 0. The van der Waals surface area contributed by atoms with Crippen molar-refractivity contribution in [3.8, 4) is 0 Å². The SMILES string of the molecule is C=C.C=CC.CC.I.II.I[I-]I. The molecule has 88 valence electrons. The summed E-state index contributed by atoms with van der Waals surface area (Å²) in [7, 11) is 0. The molecule has 0 amide bonds. The molecule has 0 aromatic rings. The zero-order chi connectivity index (χ0) is 11.4. The summed E-state index contributed by atoms with van der Waals surface area (Å²) in [6.45, 7) is 15.2. The van der Waals surface area contributed by atoms with Crippen LogP contribution in [0.3, 0.4) is 0 Å². The van der Waals surface area contributed by atoms with Crippen molar-refractivity contribution < 1.29 is 13.3 Å². The van der Waals surface area contributed by atoms with Crippen LogP contribution in [0.1, 0.15) is 20.8 Å². The molecule has 0 saturated carbocycles. The Morgan fingerprint density at radius 2 is 1.08 bits per heavy atom. The molecule has 0 saturated heterocycles. The molecule has 0 bridgehead atoms. The van der Waals surface area contributed by atoms with Gasteiger partial charge >= 0.3 is 50.5 Å². The van der Waals surface area contributed by atoms with Gasteiger partial charge < -0.3 is 0 Å². The van der Waals surface area contributed by atoms with E-state index in [2.05, 4.69) is 94.2 Å². The third-order valence-electron chi connectivity index (χ3n) is 0. The van der Waals surface area contributed by atoms with Crippen LogP contribution in [0.25, 0.3) is 0 Å². The fourth-order valence-electron chi connectivity index (χ4n) is 0. The Morgan fingerprint density at radius 1 is 1.08 bits per heavy atom. The summed E-state index contributed by atoms with van der Waals surface area (Å²) in [5.41, 5.74) is 0. The first-order valence-electron chi connectivity index (χ1n) is 2.91. The molecular formula is C7H17I6-. The molecule has 0 atom stereocenters. The van der Waals surface area contributed by atoms with E-state index in [1.165, 1.54) is 0 Å². The van der Waals surface area contributed by atoms with Crippen molar-refractivity contribution in [3.63, 3.8) is 0 Å². The molecule has 0 spiro atoms. The summed E-state index contributed by atoms with van der Waals surface area (Å²) in [5.74, 6) is 0. The predicted octanol–water partition coefficient (Wildman–Crippen LogP) is 4.19. The summed E-state index contributed by atoms with van der Waals surface area (Å²) in [6.07, 6.45) is 1.75. The molecular weight excluding hydrogens is 846 g/mol. The van der Waals surface area contributed by atoms with Crippen LogP contribution in [0.2, 0.25) is 0 Å². The van der Waals surface area contributed by atoms with Crippen molar-refractivity contribution in [2.24, 2.45) is 0 Å². The Bertz CT molecular complexity index is 34.2. The second-order valence-electron chi connectivity index (χ2n) is 0.462. The first-order valence-corrected chi connectivity index (χ1v) is 21.8. The van der Waals surface area contributed by atoms with Gasteiger partial charge in [0.05, 0.1) is 0 Å². The molecule has 0 unspecified atom stereocenters. The van der Waals surface area contributed by atoms with Gasteiger partial charge in [-0.2, -0.15) is 0 Å². The Morgan fingerprint density at radius 3 is 1.08 bits per heavy atom. The molecule has 0 rings (SSSR count). The van der Waals surface area contributed by atoms with E-state index in [9.17, 15) is 0 Å². The number of hydrogen-bond donors (Lipinski definition) is 0. The molecule has 13 heavy (non-hydrogen) atoms. The van der Waals surface area contributed by atoms with E-state index >= 15 is 0 Å². The van der Waals surface area contributed by atoms with Crippen LogP contribution in [-0.2, 0) is 0 Å². The van der Waals surface area contributed by atoms with E-state index in [-0.39, 0.29) is 24.0 Å². The average molecular weight is 863 g/mol. The molecule has 0 aromatic heterocycles. The van der Waals surface area contributed by atoms with Crippen LogP contribution in [0.4, 0.5) is 0 Å². The number of rotatable bonds is 0. The molecule has 0 aliphatic heterocycles. The molecule has 0 heterocycles. The Balaban J connectivity index is -0.0000000118. The Labute approximate surface area is 154 Å². The van der Waals surface area contributed by atoms with Crippen LogP contribution in [-0.4, -0.2) is 0 Å². The first-order chi connectivity index (χ1) is 5.83. The second-order valence-corrected chi connectivity index (χ2v) is 16.7. The van der Waals surface area contributed by atoms with Gasteiger partial charge in [-0.15, -0.1) is 43.7 Å². The van der Waals surface area contributed by atoms with Crippen molar-refractivity contribution in [1.29, 1.82) is 0 Å². The van der Waals surface area contributed by atoms with E-state index < -0.39 is 0 Å². The van der Waals surface area contributed by atoms with Crippen molar-refractivity contribution in [2.45, 2.75) is 20.8 Å². The van der Waals surface area contributed by atoms with Gasteiger partial charge in [-0.05, 0) is 6.92 Å². The van der Waals surface area contributed by atoms with Gasteiger partial charge in [-0.25, -0.2) is 0 Å². The van der Waals surface area contributed by atoms with Crippen molar-refractivity contribution in [3.05, 3.63) is 25.8 Å².